The number of hydrogen-bond donors (Lipinski definition) is 4. The molecule has 0 saturated carbocycles. The Labute approximate surface area is 213 Å². The standard InChI is InChI=1S/C25H23Cl2N3O3S/c26-19-9-6-15(12-20(19)27)7-11-23(31)30-22-10-8-17(29-25(33)21(28)14-34)13-18(22)24(32)16-4-2-1-3-5-16/h1-6,8-10,12-13,21,34H,7,11,14,28H2,(H,29,33)(H,30,31)/t21-/m0/s1. The Bertz CT molecular complexity index is 1210. The minimum Gasteiger partial charge on any atom is -0.325 e. The van der Waals surface area contributed by atoms with E-state index in [1.165, 1.54) is 6.07 Å². The average molecular weight is 516 g/mol. The normalized spacial score (nSPS) is 11.5. The van der Waals surface area contributed by atoms with Gasteiger partial charge >= 0.3 is 0 Å². The highest BCUT2D eigenvalue weighted by molar-refractivity contribution is 7.80. The lowest BCUT2D eigenvalue weighted by Gasteiger charge is -2.15. The molecule has 4 N–H and O–H groups in total. The molecule has 2 amide bonds. The van der Waals surface area contributed by atoms with E-state index in [1.807, 2.05) is 0 Å². The molecule has 0 spiro atoms. The summed E-state index contributed by atoms with van der Waals surface area (Å²) < 4.78 is 0. The van der Waals surface area contributed by atoms with E-state index in [4.69, 9.17) is 28.9 Å². The van der Waals surface area contributed by atoms with Crippen LogP contribution in [0.4, 0.5) is 11.4 Å². The summed E-state index contributed by atoms with van der Waals surface area (Å²) in [5.41, 5.74) is 8.00. The number of nitrogens with two attached hydrogens (primary N) is 1. The molecular formula is C25H23Cl2N3O3S. The maximum absolute atomic E-state index is 13.2. The summed E-state index contributed by atoms with van der Waals surface area (Å²) in [5.74, 6) is -0.821. The summed E-state index contributed by atoms with van der Waals surface area (Å²) >= 11 is 16.0. The molecule has 1 atom stereocenters. The fraction of sp³-hybridized carbons (Fsp3) is 0.160. The van der Waals surface area contributed by atoms with Gasteiger partial charge in [0.1, 0.15) is 0 Å². The van der Waals surface area contributed by atoms with Crippen molar-refractivity contribution in [3.8, 4) is 0 Å². The van der Waals surface area contributed by atoms with Crippen LogP contribution in [-0.4, -0.2) is 29.4 Å². The van der Waals surface area contributed by atoms with E-state index in [1.54, 1.807) is 60.7 Å². The summed E-state index contributed by atoms with van der Waals surface area (Å²) in [6.45, 7) is 0. The van der Waals surface area contributed by atoms with Crippen LogP contribution in [0.5, 0.6) is 0 Å². The van der Waals surface area contributed by atoms with Gasteiger partial charge in [0.05, 0.1) is 21.8 Å². The molecule has 0 fully saturated rings. The van der Waals surface area contributed by atoms with Crippen molar-refractivity contribution in [3.05, 3.63) is 93.5 Å². The first-order chi connectivity index (χ1) is 16.3. The maximum atomic E-state index is 13.2. The number of carbonyl (C=O) groups is 3. The van der Waals surface area contributed by atoms with E-state index < -0.39 is 11.9 Å². The SMILES string of the molecule is N[C@@H](CS)C(=O)Nc1ccc(NC(=O)CCc2ccc(Cl)c(Cl)c2)c(C(=O)c2ccccc2)c1. The van der Waals surface area contributed by atoms with E-state index in [0.717, 1.165) is 5.56 Å². The Morgan fingerprint density at radius 2 is 1.65 bits per heavy atom. The van der Waals surface area contributed by atoms with Crippen LogP contribution in [0, 0.1) is 0 Å². The van der Waals surface area contributed by atoms with Gasteiger partial charge in [-0.2, -0.15) is 12.6 Å². The molecule has 3 aromatic carbocycles. The highest BCUT2D eigenvalue weighted by Crippen LogP contribution is 2.25. The Hall–Kier alpha value is -2.84. The number of hydrogen-bond acceptors (Lipinski definition) is 5. The van der Waals surface area contributed by atoms with Gasteiger partial charge in [-0.05, 0) is 42.3 Å². The lowest BCUT2D eigenvalue weighted by Crippen LogP contribution is -2.37. The number of carbonyl (C=O) groups excluding carboxylic acids is 3. The van der Waals surface area contributed by atoms with Crippen LogP contribution in [-0.2, 0) is 16.0 Å². The summed E-state index contributed by atoms with van der Waals surface area (Å²) in [5, 5.41) is 6.35. The highest BCUT2D eigenvalue weighted by Gasteiger charge is 2.18. The number of thiol groups is 1. The number of amides is 2. The first kappa shape index (κ1) is 25.8. The smallest absolute Gasteiger partial charge is 0.242 e. The predicted octanol–water partition coefficient (Wildman–Crippen LogP) is 4.99. The zero-order valence-corrected chi connectivity index (χ0v) is 20.5. The number of nitrogens with one attached hydrogen (secondary N) is 2. The third-order valence-electron chi connectivity index (χ3n) is 5.00. The van der Waals surface area contributed by atoms with Gasteiger partial charge in [0.2, 0.25) is 11.8 Å². The molecule has 0 aliphatic rings. The van der Waals surface area contributed by atoms with Crippen LogP contribution in [0.1, 0.15) is 27.9 Å². The zero-order valence-electron chi connectivity index (χ0n) is 18.1. The van der Waals surface area contributed by atoms with Crippen LogP contribution in [0.3, 0.4) is 0 Å². The van der Waals surface area contributed by atoms with Crippen LogP contribution >= 0.6 is 35.8 Å². The third kappa shape index (κ3) is 6.84. The van der Waals surface area contributed by atoms with Crippen molar-refractivity contribution < 1.29 is 14.4 Å². The van der Waals surface area contributed by atoms with Crippen LogP contribution in [0.25, 0.3) is 0 Å². The molecule has 0 unspecified atom stereocenters. The number of aryl methyl sites for hydroxylation is 1. The number of ketones is 1. The van der Waals surface area contributed by atoms with Gasteiger partial charge in [-0.3, -0.25) is 14.4 Å². The average Bonchev–Trinajstić information content (AvgIpc) is 2.85. The van der Waals surface area contributed by atoms with Crippen molar-refractivity contribution in [1.82, 2.24) is 0 Å². The summed E-state index contributed by atoms with van der Waals surface area (Å²) in [6, 6.07) is 17.8. The Kier molecular flexibility index (Phi) is 9.12. The second-order valence-corrected chi connectivity index (χ2v) is 8.71. The summed E-state index contributed by atoms with van der Waals surface area (Å²) in [6.07, 6.45) is 0.618. The topological polar surface area (TPSA) is 101 Å². The Morgan fingerprint density at radius 3 is 2.32 bits per heavy atom. The number of rotatable bonds is 9. The molecule has 9 heteroatoms. The van der Waals surface area contributed by atoms with E-state index in [-0.39, 0.29) is 29.4 Å². The molecule has 0 saturated heterocycles. The van der Waals surface area contributed by atoms with Crippen molar-refractivity contribution in [2.75, 3.05) is 16.4 Å². The zero-order chi connectivity index (χ0) is 24.7. The second kappa shape index (κ2) is 12.0. The highest BCUT2D eigenvalue weighted by atomic mass is 35.5. The number of anilines is 2. The minimum absolute atomic E-state index is 0.173. The molecule has 176 valence electrons. The van der Waals surface area contributed by atoms with Crippen molar-refractivity contribution in [2.45, 2.75) is 18.9 Å². The fourth-order valence-electron chi connectivity index (χ4n) is 3.15. The van der Waals surface area contributed by atoms with Crippen molar-refractivity contribution in [1.29, 1.82) is 0 Å². The lowest BCUT2D eigenvalue weighted by atomic mass is 10.0. The van der Waals surface area contributed by atoms with Crippen molar-refractivity contribution in [2.24, 2.45) is 5.73 Å². The molecule has 3 rings (SSSR count). The van der Waals surface area contributed by atoms with Crippen LogP contribution in [0.2, 0.25) is 10.0 Å². The molecule has 0 radical (unpaired) electrons. The van der Waals surface area contributed by atoms with Gasteiger partial charge in [-0.1, -0.05) is 59.6 Å². The van der Waals surface area contributed by atoms with Crippen molar-refractivity contribution >= 4 is 64.8 Å². The number of benzene rings is 3. The quantitative estimate of drug-likeness (QED) is 0.238. The van der Waals surface area contributed by atoms with E-state index in [9.17, 15) is 14.4 Å². The summed E-state index contributed by atoms with van der Waals surface area (Å²) in [7, 11) is 0. The van der Waals surface area contributed by atoms with Gasteiger partial charge in [-0.25, -0.2) is 0 Å². The van der Waals surface area contributed by atoms with E-state index in [2.05, 4.69) is 23.3 Å². The van der Waals surface area contributed by atoms with Crippen LogP contribution < -0.4 is 16.4 Å². The van der Waals surface area contributed by atoms with E-state index >= 15 is 0 Å². The third-order valence-corrected chi connectivity index (χ3v) is 6.13. The molecule has 0 bridgehead atoms. The van der Waals surface area contributed by atoms with Crippen molar-refractivity contribution in [3.63, 3.8) is 0 Å². The van der Waals surface area contributed by atoms with E-state index in [0.29, 0.717) is 33.4 Å². The molecule has 34 heavy (non-hydrogen) atoms. The molecule has 3 aromatic rings. The minimum atomic E-state index is -0.794. The molecule has 0 aliphatic heterocycles. The molecule has 0 heterocycles. The van der Waals surface area contributed by atoms with Gasteiger partial charge in [0, 0.05) is 29.0 Å². The predicted molar refractivity (Wildman–Crippen MR) is 140 cm³/mol. The molecular weight excluding hydrogens is 493 g/mol. The first-order valence-electron chi connectivity index (χ1n) is 10.4. The molecule has 6 nitrogen and oxygen atoms in total. The fourth-order valence-corrected chi connectivity index (χ4v) is 3.63. The van der Waals surface area contributed by atoms with Crippen LogP contribution in [0.15, 0.2) is 66.7 Å². The number of halogens is 2. The molecule has 0 aliphatic carbocycles. The molecule has 0 aromatic heterocycles. The lowest BCUT2D eigenvalue weighted by molar-refractivity contribution is -0.117. The first-order valence-corrected chi connectivity index (χ1v) is 11.8. The Morgan fingerprint density at radius 1 is 0.912 bits per heavy atom. The Balaban J connectivity index is 1.81. The maximum Gasteiger partial charge on any atom is 0.242 e. The van der Waals surface area contributed by atoms with Gasteiger partial charge in [0.15, 0.2) is 5.78 Å². The largest absolute Gasteiger partial charge is 0.325 e. The second-order valence-electron chi connectivity index (χ2n) is 7.53. The monoisotopic (exact) mass is 515 g/mol. The van der Waals surface area contributed by atoms with Gasteiger partial charge in [-0.15, -0.1) is 0 Å². The van der Waals surface area contributed by atoms with Gasteiger partial charge in [0.25, 0.3) is 0 Å². The van der Waals surface area contributed by atoms with Gasteiger partial charge < -0.3 is 16.4 Å². The summed E-state index contributed by atoms with van der Waals surface area (Å²) in [4.78, 5) is 38.0.